The van der Waals surface area contributed by atoms with Crippen LogP contribution in [0.25, 0.3) is 0 Å². The molecule has 0 aliphatic carbocycles. The van der Waals surface area contributed by atoms with E-state index >= 15 is 0 Å². The van der Waals surface area contributed by atoms with Gasteiger partial charge in [0, 0.05) is 5.54 Å². The molecule has 0 saturated carbocycles. The Morgan fingerprint density at radius 2 is 0.731 bits per heavy atom. The van der Waals surface area contributed by atoms with Crippen LogP contribution in [0.15, 0.2) is 0 Å². The van der Waals surface area contributed by atoms with E-state index in [2.05, 4.69) is 0 Å². The molecule has 12 N–H and O–H groups in total. The molecule has 0 saturated heterocycles. The van der Waals surface area contributed by atoms with Crippen LogP contribution in [0.3, 0.4) is 0 Å². The fourth-order valence-electron chi connectivity index (χ4n) is 4.45. The summed E-state index contributed by atoms with van der Waals surface area (Å²) in [6, 6.07) is 0. The summed E-state index contributed by atoms with van der Waals surface area (Å²) >= 11 is 0. The highest BCUT2D eigenvalue weighted by molar-refractivity contribution is 5.02. The Kier molecular flexibility index (Phi) is 15.6. The zero-order valence-corrected chi connectivity index (χ0v) is 17.2. The van der Waals surface area contributed by atoms with Gasteiger partial charge in [0.15, 0.2) is 0 Å². The van der Waals surface area contributed by atoms with E-state index in [9.17, 15) is 0 Å². The van der Waals surface area contributed by atoms with Crippen molar-refractivity contribution >= 4 is 0 Å². The van der Waals surface area contributed by atoms with Crippen LogP contribution >= 0.6 is 0 Å². The molecule has 0 fully saturated rings. The highest BCUT2D eigenvalue weighted by Crippen LogP contribution is 2.48. The molecule has 0 atom stereocenters. The summed E-state index contributed by atoms with van der Waals surface area (Å²) in [5, 5.41) is 0. The second kappa shape index (κ2) is 15.8. The zero-order valence-electron chi connectivity index (χ0n) is 17.2. The second-order valence-electron chi connectivity index (χ2n) is 7.96. The minimum Gasteiger partial charge on any atom is -0.330 e. The SMILES string of the molecule is NCCCCCCC(CCCN)(CCCN)C(N)(CCCN)CCCN. The van der Waals surface area contributed by atoms with Crippen molar-refractivity contribution in [1.29, 1.82) is 0 Å². The van der Waals surface area contributed by atoms with Gasteiger partial charge in [-0.05, 0) is 102 Å². The van der Waals surface area contributed by atoms with E-state index in [0.717, 1.165) is 70.8 Å². The summed E-state index contributed by atoms with van der Waals surface area (Å²) in [4.78, 5) is 0. The summed E-state index contributed by atoms with van der Waals surface area (Å²) in [6.07, 6.45) is 13.9. The van der Waals surface area contributed by atoms with Crippen LogP contribution in [0.2, 0.25) is 0 Å². The maximum Gasteiger partial charge on any atom is 0.0212 e. The molecular formula is C20H48N6. The largest absolute Gasteiger partial charge is 0.330 e. The van der Waals surface area contributed by atoms with Gasteiger partial charge in [-0.3, -0.25) is 0 Å². The molecule has 0 aliphatic rings. The molecule has 0 radical (unpaired) electrons. The van der Waals surface area contributed by atoms with E-state index in [1.165, 1.54) is 19.3 Å². The molecule has 0 amide bonds. The quantitative estimate of drug-likeness (QED) is 0.189. The monoisotopic (exact) mass is 372 g/mol. The number of unbranched alkanes of at least 4 members (excludes halogenated alkanes) is 3. The van der Waals surface area contributed by atoms with Crippen molar-refractivity contribution < 1.29 is 0 Å². The smallest absolute Gasteiger partial charge is 0.0212 e. The number of hydrogen-bond acceptors (Lipinski definition) is 6. The van der Waals surface area contributed by atoms with E-state index in [1.807, 2.05) is 0 Å². The van der Waals surface area contributed by atoms with E-state index in [-0.39, 0.29) is 11.0 Å². The van der Waals surface area contributed by atoms with Crippen LogP contribution in [-0.4, -0.2) is 38.3 Å². The predicted molar refractivity (Wildman–Crippen MR) is 115 cm³/mol. The Morgan fingerprint density at radius 3 is 1.15 bits per heavy atom. The molecule has 0 aromatic heterocycles. The maximum atomic E-state index is 7.16. The Hall–Kier alpha value is -0.240. The first-order valence-corrected chi connectivity index (χ1v) is 10.8. The number of hydrogen-bond donors (Lipinski definition) is 6. The fraction of sp³-hybridized carbons (Fsp3) is 1.00. The van der Waals surface area contributed by atoms with Crippen LogP contribution in [0.5, 0.6) is 0 Å². The molecule has 26 heavy (non-hydrogen) atoms. The lowest BCUT2D eigenvalue weighted by molar-refractivity contribution is 0.0558. The lowest BCUT2D eigenvalue weighted by Gasteiger charge is -2.50. The lowest BCUT2D eigenvalue weighted by Crippen LogP contribution is -2.56. The van der Waals surface area contributed by atoms with Gasteiger partial charge in [-0.25, -0.2) is 0 Å². The van der Waals surface area contributed by atoms with E-state index in [0.29, 0.717) is 26.2 Å². The fourth-order valence-corrected chi connectivity index (χ4v) is 4.45. The third kappa shape index (κ3) is 9.11. The number of nitrogens with two attached hydrogens (primary N) is 6. The van der Waals surface area contributed by atoms with Gasteiger partial charge in [0.1, 0.15) is 0 Å². The van der Waals surface area contributed by atoms with Gasteiger partial charge < -0.3 is 34.4 Å². The first-order chi connectivity index (χ1) is 12.6. The van der Waals surface area contributed by atoms with Crippen LogP contribution < -0.4 is 34.4 Å². The predicted octanol–water partition coefficient (Wildman–Crippen LogP) is 1.54. The Balaban J connectivity index is 5.41. The molecule has 0 spiro atoms. The Bertz CT molecular complexity index is 295. The number of rotatable bonds is 19. The molecule has 6 heteroatoms. The van der Waals surface area contributed by atoms with E-state index in [1.54, 1.807) is 0 Å². The Morgan fingerprint density at radius 1 is 0.385 bits per heavy atom. The van der Waals surface area contributed by atoms with E-state index in [4.69, 9.17) is 34.4 Å². The van der Waals surface area contributed by atoms with Crippen LogP contribution in [0.4, 0.5) is 0 Å². The van der Waals surface area contributed by atoms with Crippen molar-refractivity contribution in [2.24, 2.45) is 39.8 Å². The summed E-state index contributed by atoms with van der Waals surface area (Å²) < 4.78 is 0. The molecule has 6 nitrogen and oxygen atoms in total. The molecule has 0 aromatic rings. The van der Waals surface area contributed by atoms with Crippen molar-refractivity contribution in [3.63, 3.8) is 0 Å². The topological polar surface area (TPSA) is 156 Å². The molecule has 0 unspecified atom stereocenters. The van der Waals surface area contributed by atoms with Gasteiger partial charge in [0.05, 0.1) is 0 Å². The van der Waals surface area contributed by atoms with Gasteiger partial charge in [0.25, 0.3) is 0 Å². The molecular weight excluding hydrogens is 324 g/mol. The van der Waals surface area contributed by atoms with Crippen LogP contribution in [0, 0.1) is 5.41 Å². The highest BCUT2D eigenvalue weighted by Gasteiger charge is 2.45. The van der Waals surface area contributed by atoms with Gasteiger partial charge in [-0.15, -0.1) is 0 Å². The highest BCUT2D eigenvalue weighted by atomic mass is 14.8. The maximum absolute atomic E-state index is 7.16. The lowest BCUT2D eigenvalue weighted by atomic mass is 9.58. The summed E-state index contributed by atoms with van der Waals surface area (Å²) in [5.41, 5.74) is 36.1. The molecule has 0 aliphatic heterocycles. The van der Waals surface area contributed by atoms with Gasteiger partial charge in [-0.1, -0.05) is 19.3 Å². The molecule has 0 heterocycles. The van der Waals surface area contributed by atoms with Crippen molar-refractivity contribution in [1.82, 2.24) is 0 Å². The Labute approximate surface area is 162 Å². The van der Waals surface area contributed by atoms with Crippen molar-refractivity contribution in [3.05, 3.63) is 0 Å². The van der Waals surface area contributed by atoms with Gasteiger partial charge >= 0.3 is 0 Å². The second-order valence-corrected chi connectivity index (χ2v) is 7.96. The first kappa shape index (κ1) is 25.8. The average Bonchev–Trinajstić information content (AvgIpc) is 2.66. The third-order valence-electron chi connectivity index (χ3n) is 6.04. The average molecular weight is 373 g/mol. The van der Waals surface area contributed by atoms with Gasteiger partial charge in [0.2, 0.25) is 0 Å². The minimum atomic E-state index is -0.232. The minimum absolute atomic E-state index is 0.0821. The summed E-state index contributed by atoms with van der Waals surface area (Å²) in [6.45, 7) is 3.56. The zero-order chi connectivity index (χ0) is 19.7. The van der Waals surface area contributed by atoms with Crippen molar-refractivity contribution in [2.45, 2.75) is 89.0 Å². The molecule has 0 aromatic carbocycles. The molecule has 158 valence electrons. The molecule has 0 bridgehead atoms. The third-order valence-corrected chi connectivity index (χ3v) is 6.04. The van der Waals surface area contributed by atoms with Gasteiger partial charge in [-0.2, -0.15) is 0 Å². The van der Waals surface area contributed by atoms with Crippen molar-refractivity contribution in [3.8, 4) is 0 Å². The van der Waals surface area contributed by atoms with Crippen LogP contribution in [-0.2, 0) is 0 Å². The first-order valence-electron chi connectivity index (χ1n) is 10.8. The normalized spacial score (nSPS) is 12.7. The molecule has 0 rings (SSSR count). The van der Waals surface area contributed by atoms with E-state index < -0.39 is 0 Å². The van der Waals surface area contributed by atoms with Crippen LogP contribution in [0.1, 0.15) is 83.5 Å². The summed E-state index contributed by atoms with van der Waals surface area (Å²) in [5.74, 6) is 0. The van der Waals surface area contributed by atoms with Crippen molar-refractivity contribution in [2.75, 3.05) is 32.7 Å². The summed E-state index contributed by atoms with van der Waals surface area (Å²) in [7, 11) is 0. The standard InChI is InChI=1S/C20H48N6/c21-14-4-2-1-3-9-19(10-5-15-22,11-6-16-23)20(26,12-7-17-24)13-8-18-25/h1-18,21-26H2.